The topological polar surface area (TPSA) is 50.2 Å². The van der Waals surface area contributed by atoms with E-state index in [9.17, 15) is 4.79 Å². The van der Waals surface area contributed by atoms with Crippen LogP contribution >= 0.6 is 11.6 Å². The van der Waals surface area contributed by atoms with E-state index in [1.54, 1.807) is 0 Å². The Kier molecular flexibility index (Phi) is 4.92. The fourth-order valence-electron chi connectivity index (χ4n) is 4.60. The van der Waals surface area contributed by atoms with E-state index in [0.29, 0.717) is 5.02 Å². The lowest BCUT2D eigenvalue weighted by atomic mass is 9.88. The van der Waals surface area contributed by atoms with Crippen LogP contribution in [0.15, 0.2) is 42.5 Å². The number of benzene rings is 2. The van der Waals surface area contributed by atoms with E-state index in [1.165, 1.54) is 6.42 Å². The van der Waals surface area contributed by atoms with Gasteiger partial charge in [0, 0.05) is 35.4 Å². The summed E-state index contributed by atoms with van der Waals surface area (Å²) in [5.74, 6) is 1.37. The van der Waals surface area contributed by atoms with Crippen molar-refractivity contribution in [3.63, 3.8) is 0 Å². The van der Waals surface area contributed by atoms with E-state index in [0.717, 1.165) is 73.6 Å². The Balaban J connectivity index is 1.33. The molecule has 1 fully saturated rings. The molecule has 0 unspecified atom stereocenters. The summed E-state index contributed by atoms with van der Waals surface area (Å²) < 4.78 is 2.27. The Labute approximate surface area is 175 Å². The van der Waals surface area contributed by atoms with Gasteiger partial charge in [-0.25, -0.2) is 4.98 Å². The molecule has 6 heteroatoms. The predicted octanol–water partition coefficient (Wildman–Crippen LogP) is 5.23. The molecule has 1 amide bonds. The molecule has 0 saturated heterocycles. The van der Waals surface area contributed by atoms with E-state index in [1.807, 2.05) is 30.3 Å². The van der Waals surface area contributed by atoms with Gasteiger partial charge in [-0.3, -0.25) is 4.79 Å². The van der Waals surface area contributed by atoms with Gasteiger partial charge in [-0.15, -0.1) is 0 Å². The third kappa shape index (κ3) is 3.71. The summed E-state index contributed by atoms with van der Waals surface area (Å²) in [6, 6.07) is 14.1. The van der Waals surface area contributed by atoms with E-state index < -0.39 is 0 Å². The first-order chi connectivity index (χ1) is 14.2. The molecule has 1 saturated carbocycles. The number of amides is 1. The number of hydrogen-bond acceptors (Lipinski definition) is 3. The van der Waals surface area contributed by atoms with Crippen LogP contribution < -0.4 is 10.2 Å². The highest BCUT2D eigenvalue weighted by Gasteiger charge is 2.23. The summed E-state index contributed by atoms with van der Waals surface area (Å²) in [7, 11) is 0. The highest BCUT2D eigenvalue weighted by Crippen LogP contribution is 2.29. The molecular weight excluding hydrogens is 384 g/mol. The minimum atomic E-state index is 0.161. The number of halogens is 1. The van der Waals surface area contributed by atoms with Crippen LogP contribution in [0.5, 0.6) is 0 Å². The average molecular weight is 409 g/mol. The first-order valence-electron chi connectivity index (χ1n) is 10.5. The largest absolute Gasteiger partial charge is 0.362 e. The van der Waals surface area contributed by atoms with Gasteiger partial charge in [0.15, 0.2) is 0 Å². The number of hydrogen-bond donors (Lipinski definition) is 1. The molecule has 1 aliphatic heterocycles. The Morgan fingerprint density at radius 2 is 1.93 bits per heavy atom. The molecule has 0 atom stereocenters. The Bertz CT molecular complexity index is 1050. The maximum atomic E-state index is 12.6. The van der Waals surface area contributed by atoms with E-state index in [2.05, 4.69) is 26.9 Å². The van der Waals surface area contributed by atoms with Gasteiger partial charge in [0.2, 0.25) is 5.91 Å². The number of nitrogens with one attached hydrogen (secondary N) is 1. The average Bonchev–Trinajstić information content (AvgIpc) is 3.11. The van der Waals surface area contributed by atoms with Gasteiger partial charge in [0.05, 0.1) is 17.6 Å². The molecule has 1 aliphatic carbocycles. The molecule has 5 rings (SSSR count). The summed E-state index contributed by atoms with van der Waals surface area (Å²) in [6.45, 7) is 2.53. The van der Waals surface area contributed by atoms with Gasteiger partial charge in [-0.05, 0) is 49.2 Å². The van der Waals surface area contributed by atoms with Crippen LogP contribution in [0.3, 0.4) is 0 Å². The second-order valence-electron chi connectivity index (χ2n) is 8.11. The van der Waals surface area contributed by atoms with Crippen LogP contribution in [-0.2, 0) is 17.9 Å². The summed E-state index contributed by atoms with van der Waals surface area (Å²) in [5, 5.41) is 3.85. The van der Waals surface area contributed by atoms with Crippen LogP contribution in [0.4, 0.5) is 11.4 Å². The van der Waals surface area contributed by atoms with Crippen LogP contribution in [0.1, 0.15) is 37.9 Å². The van der Waals surface area contributed by atoms with Gasteiger partial charge in [0.1, 0.15) is 5.82 Å². The zero-order valence-electron chi connectivity index (χ0n) is 16.4. The normalized spacial score (nSPS) is 17.3. The molecular formula is C23H25ClN4O. The first-order valence-corrected chi connectivity index (χ1v) is 10.9. The molecule has 2 aliphatic rings. The van der Waals surface area contributed by atoms with Crippen molar-refractivity contribution in [2.24, 2.45) is 5.92 Å². The summed E-state index contributed by atoms with van der Waals surface area (Å²) in [6.07, 6.45) is 5.61. The van der Waals surface area contributed by atoms with Crippen molar-refractivity contribution in [2.75, 3.05) is 16.8 Å². The fourth-order valence-corrected chi connectivity index (χ4v) is 4.77. The number of carbonyl (C=O) groups is 1. The molecule has 5 nitrogen and oxygen atoms in total. The van der Waals surface area contributed by atoms with Crippen molar-refractivity contribution in [3.05, 3.63) is 53.3 Å². The smallest absolute Gasteiger partial charge is 0.227 e. The van der Waals surface area contributed by atoms with Gasteiger partial charge in [-0.2, -0.15) is 0 Å². The van der Waals surface area contributed by atoms with Crippen LogP contribution in [0.25, 0.3) is 11.0 Å². The standard InChI is InChI=1S/C23H25ClN4O/c24-17-9-10-21-20(13-17)26-22-15-27(11-12-28(21)22)19-8-4-7-18(14-19)25-23(29)16-5-2-1-3-6-16/h4,7-10,13-14,16H,1-3,5-6,11-12,15H2,(H,25,29). The van der Waals surface area contributed by atoms with E-state index in [-0.39, 0.29) is 11.8 Å². The minimum Gasteiger partial charge on any atom is -0.362 e. The molecule has 29 heavy (non-hydrogen) atoms. The van der Waals surface area contributed by atoms with Crippen LogP contribution in [0.2, 0.25) is 5.02 Å². The molecule has 0 spiro atoms. The van der Waals surface area contributed by atoms with Gasteiger partial charge in [-0.1, -0.05) is 36.9 Å². The predicted molar refractivity (Wildman–Crippen MR) is 117 cm³/mol. The highest BCUT2D eigenvalue weighted by molar-refractivity contribution is 6.31. The molecule has 150 valence electrons. The lowest BCUT2D eigenvalue weighted by Gasteiger charge is -2.30. The second-order valence-corrected chi connectivity index (χ2v) is 8.55. The summed E-state index contributed by atoms with van der Waals surface area (Å²) in [5.41, 5.74) is 4.08. The third-order valence-electron chi connectivity index (χ3n) is 6.17. The van der Waals surface area contributed by atoms with Gasteiger partial charge in [0.25, 0.3) is 0 Å². The lowest BCUT2D eigenvalue weighted by Crippen LogP contribution is -2.33. The van der Waals surface area contributed by atoms with Crippen LogP contribution in [0, 0.1) is 5.92 Å². The maximum Gasteiger partial charge on any atom is 0.227 e. The van der Waals surface area contributed by atoms with Gasteiger partial charge >= 0.3 is 0 Å². The number of fused-ring (bicyclic) bond motifs is 3. The van der Waals surface area contributed by atoms with Crippen molar-refractivity contribution in [1.82, 2.24) is 9.55 Å². The SMILES string of the molecule is O=C(Nc1cccc(N2CCn3c(nc4cc(Cl)ccc43)C2)c1)C1CCCCC1. The molecule has 2 heterocycles. The minimum absolute atomic E-state index is 0.161. The molecule has 1 aromatic heterocycles. The van der Waals surface area contributed by atoms with E-state index in [4.69, 9.17) is 16.6 Å². The second kappa shape index (κ2) is 7.71. The Morgan fingerprint density at radius 3 is 2.79 bits per heavy atom. The number of imidazole rings is 1. The number of nitrogens with zero attached hydrogens (tertiary/aromatic N) is 3. The fraction of sp³-hybridized carbons (Fsp3) is 0.391. The molecule has 0 bridgehead atoms. The third-order valence-corrected chi connectivity index (χ3v) is 6.41. The summed E-state index contributed by atoms with van der Waals surface area (Å²) in [4.78, 5) is 19.7. The van der Waals surface area contributed by atoms with E-state index >= 15 is 0 Å². The Morgan fingerprint density at radius 1 is 1.07 bits per heavy atom. The van der Waals surface area contributed by atoms with Gasteiger partial charge < -0.3 is 14.8 Å². The van der Waals surface area contributed by atoms with Crippen molar-refractivity contribution in [3.8, 4) is 0 Å². The monoisotopic (exact) mass is 408 g/mol. The molecule has 0 radical (unpaired) electrons. The van der Waals surface area contributed by atoms with Crippen molar-refractivity contribution < 1.29 is 4.79 Å². The van der Waals surface area contributed by atoms with Crippen molar-refractivity contribution >= 4 is 39.9 Å². The zero-order valence-corrected chi connectivity index (χ0v) is 17.2. The number of aromatic nitrogens is 2. The molecule has 3 aromatic rings. The number of anilines is 2. The maximum absolute atomic E-state index is 12.6. The Hall–Kier alpha value is -2.53. The molecule has 1 N–H and O–H groups in total. The van der Waals surface area contributed by atoms with Crippen molar-refractivity contribution in [2.45, 2.75) is 45.2 Å². The molecule has 2 aromatic carbocycles. The summed E-state index contributed by atoms with van der Waals surface area (Å²) >= 11 is 6.13. The van der Waals surface area contributed by atoms with Crippen molar-refractivity contribution in [1.29, 1.82) is 0 Å². The number of rotatable bonds is 3. The number of carbonyl (C=O) groups excluding carboxylic acids is 1. The highest BCUT2D eigenvalue weighted by atomic mass is 35.5. The van der Waals surface area contributed by atoms with Crippen LogP contribution in [-0.4, -0.2) is 22.0 Å². The zero-order chi connectivity index (χ0) is 19.8. The first kappa shape index (κ1) is 18.5. The quantitative estimate of drug-likeness (QED) is 0.645. The lowest BCUT2D eigenvalue weighted by molar-refractivity contribution is -0.120.